The van der Waals surface area contributed by atoms with Crippen LogP contribution in [0.5, 0.6) is 0 Å². The van der Waals surface area contributed by atoms with E-state index in [0.29, 0.717) is 6.42 Å². The van der Waals surface area contributed by atoms with Crippen LogP contribution in [0.3, 0.4) is 0 Å². The number of rotatable bonds is 10. The van der Waals surface area contributed by atoms with Gasteiger partial charge >= 0.3 is 0 Å². The fourth-order valence-corrected chi connectivity index (χ4v) is 1.64. The van der Waals surface area contributed by atoms with Crippen LogP contribution in [0.25, 0.3) is 0 Å². The molecule has 0 spiro atoms. The predicted molar refractivity (Wildman–Crippen MR) is 66.9 cm³/mol. The molecule has 0 aromatic heterocycles. The van der Waals surface area contributed by atoms with Gasteiger partial charge in [0.15, 0.2) is 0 Å². The quantitative estimate of drug-likeness (QED) is 0.413. The summed E-state index contributed by atoms with van der Waals surface area (Å²) in [6, 6.07) is 2.13. The number of carbonyl (C=O) groups excluding carboxylic acids is 1. The van der Waals surface area contributed by atoms with Gasteiger partial charge in [0, 0.05) is 6.42 Å². The SMILES string of the molecule is C=CCCCCCC(C#N)C(=O)CCCC. The number of unbranched alkanes of at least 4 members (excludes halogenated alkanes) is 4. The molecule has 90 valence electrons. The second-order valence-electron chi connectivity index (χ2n) is 4.18. The molecule has 0 saturated carbocycles. The lowest BCUT2D eigenvalue weighted by Gasteiger charge is -2.07. The first-order valence-corrected chi connectivity index (χ1v) is 6.29. The standard InChI is InChI=1S/C14H23NO/c1-3-5-7-8-9-10-13(12-15)14(16)11-6-4-2/h3,13H,1,4-11H2,2H3. The van der Waals surface area contributed by atoms with E-state index in [1.807, 2.05) is 6.08 Å². The zero-order chi connectivity index (χ0) is 12.2. The normalized spacial score (nSPS) is 11.8. The molecule has 16 heavy (non-hydrogen) atoms. The Labute approximate surface area is 99.3 Å². The summed E-state index contributed by atoms with van der Waals surface area (Å²) >= 11 is 0. The molecule has 0 rings (SSSR count). The molecule has 0 N–H and O–H groups in total. The Morgan fingerprint density at radius 3 is 2.69 bits per heavy atom. The van der Waals surface area contributed by atoms with Crippen LogP contribution in [0, 0.1) is 17.2 Å². The molecule has 0 aromatic carbocycles. The maximum Gasteiger partial charge on any atom is 0.149 e. The van der Waals surface area contributed by atoms with Crippen molar-refractivity contribution < 1.29 is 4.79 Å². The first kappa shape index (κ1) is 14.9. The third-order valence-corrected chi connectivity index (χ3v) is 2.72. The van der Waals surface area contributed by atoms with Crippen molar-refractivity contribution >= 4 is 5.78 Å². The van der Waals surface area contributed by atoms with Crippen LogP contribution in [0.4, 0.5) is 0 Å². The van der Waals surface area contributed by atoms with Gasteiger partial charge < -0.3 is 0 Å². The lowest BCUT2D eigenvalue weighted by atomic mass is 9.95. The molecule has 2 heteroatoms. The largest absolute Gasteiger partial charge is 0.298 e. The highest BCUT2D eigenvalue weighted by molar-refractivity contribution is 5.83. The fraction of sp³-hybridized carbons (Fsp3) is 0.714. The number of ketones is 1. The van der Waals surface area contributed by atoms with Crippen LogP contribution in [-0.2, 0) is 4.79 Å². The summed E-state index contributed by atoms with van der Waals surface area (Å²) in [6.07, 6.45) is 9.35. The van der Waals surface area contributed by atoms with Gasteiger partial charge in [-0.3, -0.25) is 4.79 Å². The topological polar surface area (TPSA) is 40.9 Å². The van der Waals surface area contributed by atoms with E-state index in [-0.39, 0.29) is 11.7 Å². The molecule has 0 amide bonds. The van der Waals surface area contributed by atoms with Gasteiger partial charge in [-0.2, -0.15) is 5.26 Å². The van der Waals surface area contributed by atoms with Crippen molar-refractivity contribution in [3.8, 4) is 6.07 Å². The number of Topliss-reactive ketones (excluding diaryl/α,β-unsaturated/α-hetero) is 1. The van der Waals surface area contributed by atoms with Gasteiger partial charge in [-0.15, -0.1) is 6.58 Å². The monoisotopic (exact) mass is 221 g/mol. The summed E-state index contributed by atoms with van der Waals surface area (Å²) < 4.78 is 0. The Hall–Kier alpha value is -1.10. The van der Waals surface area contributed by atoms with Gasteiger partial charge in [0.05, 0.1) is 6.07 Å². The maximum absolute atomic E-state index is 11.6. The number of carbonyl (C=O) groups is 1. The molecule has 0 bridgehead atoms. The first-order chi connectivity index (χ1) is 7.76. The van der Waals surface area contributed by atoms with Gasteiger partial charge in [0.2, 0.25) is 0 Å². The van der Waals surface area contributed by atoms with E-state index in [1.165, 1.54) is 0 Å². The van der Waals surface area contributed by atoms with E-state index < -0.39 is 0 Å². The molecule has 1 unspecified atom stereocenters. The van der Waals surface area contributed by atoms with Crippen molar-refractivity contribution in [2.24, 2.45) is 5.92 Å². The zero-order valence-corrected chi connectivity index (χ0v) is 10.4. The van der Waals surface area contributed by atoms with Gasteiger partial charge in [0.1, 0.15) is 11.7 Å². The van der Waals surface area contributed by atoms with Crippen molar-refractivity contribution in [3.63, 3.8) is 0 Å². The van der Waals surface area contributed by atoms with E-state index in [4.69, 9.17) is 5.26 Å². The van der Waals surface area contributed by atoms with Crippen LogP contribution in [0.15, 0.2) is 12.7 Å². The van der Waals surface area contributed by atoms with E-state index in [0.717, 1.165) is 44.9 Å². The Morgan fingerprint density at radius 1 is 1.38 bits per heavy atom. The van der Waals surface area contributed by atoms with Crippen LogP contribution in [0.2, 0.25) is 0 Å². The third-order valence-electron chi connectivity index (χ3n) is 2.72. The minimum Gasteiger partial charge on any atom is -0.298 e. The van der Waals surface area contributed by atoms with Crippen molar-refractivity contribution in [2.75, 3.05) is 0 Å². The summed E-state index contributed by atoms with van der Waals surface area (Å²) in [5.74, 6) is -0.233. The van der Waals surface area contributed by atoms with Gasteiger partial charge in [-0.25, -0.2) is 0 Å². The van der Waals surface area contributed by atoms with Crippen molar-refractivity contribution in [1.29, 1.82) is 5.26 Å². The second kappa shape index (κ2) is 10.4. The number of hydrogen-bond acceptors (Lipinski definition) is 2. The van der Waals surface area contributed by atoms with E-state index in [2.05, 4.69) is 19.6 Å². The average molecular weight is 221 g/mol. The Bertz CT molecular complexity index is 240. The lowest BCUT2D eigenvalue weighted by Crippen LogP contribution is -2.12. The highest BCUT2D eigenvalue weighted by Gasteiger charge is 2.16. The molecule has 0 heterocycles. The number of hydrogen-bond donors (Lipinski definition) is 0. The highest BCUT2D eigenvalue weighted by Crippen LogP contribution is 2.14. The molecule has 0 saturated heterocycles. The van der Waals surface area contributed by atoms with Gasteiger partial charge in [-0.1, -0.05) is 32.3 Å². The van der Waals surface area contributed by atoms with Crippen molar-refractivity contribution in [3.05, 3.63) is 12.7 Å². The minimum absolute atomic E-state index is 0.132. The van der Waals surface area contributed by atoms with Crippen molar-refractivity contribution in [2.45, 2.75) is 58.3 Å². The van der Waals surface area contributed by atoms with Gasteiger partial charge in [0.25, 0.3) is 0 Å². The second-order valence-corrected chi connectivity index (χ2v) is 4.18. The number of allylic oxidation sites excluding steroid dienone is 1. The molecule has 0 aliphatic rings. The highest BCUT2D eigenvalue weighted by atomic mass is 16.1. The zero-order valence-electron chi connectivity index (χ0n) is 10.4. The van der Waals surface area contributed by atoms with Crippen LogP contribution in [0.1, 0.15) is 58.3 Å². The molecular formula is C14H23NO. The fourth-order valence-electron chi connectivity index (χ4n) is 1.64. The smallest absolute Gasteiger partial charge is 0.149 e. The summed E-state index contributed by atoms with van der Waals surface area (Å²) in [5, 5.41) is 8.91. The third kappa shape index (κ3) is 7.23. The van der Waals surface area contributed by atoms with Crippen LogP contribution >= 0.6 is 0 Å². The molecule has 0 aliphatic carbocycles. The summed E-state index contributed by atoms with van der Waals surface area (Å²) in [7, 11) is 0. The summed E-state index contributed by atoms with van der Waals surface area (Å²) in [4.78, 5) is 11.6. The van der Waals surface area contributed by atoms with E-state index in [1.54, 1.807) is 0 Å². The minimum atomic E-state index is -0.365. The number of nitriles is 1. The lowest BCUT2D eigenvalue weighted by molar-refractivity contribution is -0.121. The summed E-state index contributed by atoms with van der Waals surface area (Å²) in [6.45, 7) is 5.72. The molecule has 0 fully saturated rings. The van der Waals surface area contributed by atoms with E-state index >= 15 is 0 Å². The molecular weight excluding hydrogens is 198 g/mol. The first-order valence-electron chi connectivity index (χ1n) is 6.29. The van der Waals surface area contributed by atoms with E-state index in [9.17, 15) is 4.79 Å². The summed E-state index contributed by atoms with van der Waals surface area (Å²) in [5.41, 5.74) is 0. The molecule has 0 aromatic rings. The maximum atomic E-state index is 11.6. The Morgan fingerprint density at radius 2 is 2.12 bits per heavy atom. The molecule has 1 atom stereocenters. The predicted octanol–water partition coefficient (Wildman–Crippen LogP) is 4.02. The van der Waals surface area contributed by atoms with Gasteiger partial charge in [-0.05, 0) is 25.7 Å². The molecule has 0 aliphatic heterocycles. The molecule has 2 nitrogen and oxygen atoms in total. The van der Waals surface area contributed by atoms with Crippen LogP contribution < -0.4 is 0 Å². The average Bonchev–Trinajstić information content (AvgIpc) is 2.31. The Kier molecular flexibility index (Phi) is 9.70. The van der Waals surface area contributed by atoms with Crippen LogP contribution in [-0.4, -0.2) is 5.78 Å². The Balaban J connectivity index is 3.70. The molecule has 0 radical (unpaired) electrons. The number of nitrogens with zero attached hydrogens (tertiary/aromatic N) is 1. The van der Waals surface area contributed by atoms with Crippen molar-refractivity contribution in [1.82, 2.24) is 0 Å².